The summed E-state index contributed by atoms with van der Waals surface area (Å²) in [5.74, 6) is -0.0699. The van der Waals surface area contributed by atoms with E-state index < -0.39 is 29.4 Å². The van der Waals surface area contributed by atoms with Gasteiger partial charge in [-0.15, -0.1) is 0 Å². The maximum Gasteiger partial charge on any atom is 0.416 e. The highest BCUT2D eigenvalue weighted by Crippen LogP contribution is 2.40. The Morgan fingerprint density at radius 2 is 1.91 bits per heavy atom. The van der Waals surface area contributed by atoms with Gasteiger partial charge in [-0.1, -0.05) is 0 Å². The number of β-amino-alcohol motifs (C(OH)–C–C–N with tert-alkyl or cyclic N) is 1. The number of H-pyrrole nitrogens is 1. The van der Waals surface area contributed by atoms with Gasteiger partial charge >= 0.3 is 6.09 Å². The number of likely N-dealkylation sites (N-methyl/N-ethyl adjacent to an activating group) is 1. The number of anilines is 2. The average molecular weight is 611 g/mol. The van der Waals surface area contributed by atoms with E-state index in [0.29, 0.717) is 81.8 Å². The smallest absolute Gasteiger partial charge is 0.416 e. The second kappa shape index (κ2) is 10.0. The molecule has 1 aliphatic carbocycles. The molecule has 3 N–H and O–H groups in total. The number of halogens is 2. The number of rotatable bonds is 4. The van der Waals surface area contributed by atoms with Crippen LogP contribution in [0.1, 0.15) is 42.3 Å². The zero-order chi connectivity index (χ0) is 30.3. The molecule has 2 amide bonds. The number of aromatic nitrogens is 4. The monoisotopic (exact) mass is 610 g/mol. The van der Waals surface area contributed by atoms with E-state index in [0.717, 1.165) is 0 Å². The minimum atomic E-state index is -0.673. The largest absolute Gasteiger partial charge is 0.465 e. The summed E-state index contributed by atoms with van der Waals surface area (Å²) in [4.78, 5) is 46.1. The van der Waals surface area contributed by atoms with Crippen molar-refractivity contribution < 1.29 is 33.0 Å². The second-order valence-corrected chi connectivity index (χ2v) is 12.7. The molecule has 2 aromatic heterocycles. The Hall–Kier alpha value is -3.95. The van der Waals surface area contributed by atoms with Crippen molar-refractivity contribution in [3.8, 4) is 5.88 Å². The number of benzene rings is 1. The number of nitrogens with zero attached hydrogens (tertiary/aromatic N) is 6. The first-order chi connectivity index (χ1) is 21.2. The first kappa shape index (κ1) is 27.6. The van der Waals surface area contributed by atoms with Crippen LogP contribution in [0.15, 0.2) is 6.20 Å². The molecule has 3 fully saturated rings. The van der Waals surface area contributed by atoms with Crippen LogP contribution in [0.2, 0.25) is 0 Å². The van der Waals surface area contributed by atoms with Crippen LogP contribution in [0.5, 0.6) is 5.88 Å². The Morgan fingerprint density at radius 1 is 1.14 bits per heavy atom. The van der Waals surface area contributed by atoms with Crippen molar-refractivity contribution in [3.05, 3.63) is 34.8 Å². The average Bonchev–Trinajstić information content (AvgIpc) is 3.77. The Morgan fingerprint density at radius 3 is 2.66 bits per heavy atom. The normalized spacial score (nSPS) is 25.4. The summed E-state index contributed by atoms with van der Waals surface area (Å²) in [6, 6.07) is -0.212. The Kier molecular flexibility index (Phi) is 6.29. The van der Waals surface area contributed by atoms with Crippen LogP contribution >= 0.6 is 0 Å². The van der Waals surface area contributed by atoms with E-state index in [2.05, 4.69) is 30.2 Å². The summed E-state index contributed by atoms with van der Waals surface area (Å²) >= 11 is 0. The Balaban J connectivity index is 0.918. The van der Waals surface area contributed by atoms with Crippen LogP contribution in [-0.4, -0.2) is 105 Å². The van der Waals surface area contributed by atoms with Gasteiger partial charge in [0.05, 0.1) is 24.9 Å². The van der Waals surface area contributed by atoms with Crippen molar-refractivity contribution in [2.45, 2.75) is 49.9 Å². The van der Waals surface area contributed by atoms with Crippen LogP contribution in [0.3, 0.4) is 0 Å². The lowest BCUT2D eigenvalue weighted by molar-refractivity contribution is -0.118. The predicted octanol–water partition coefficient (Wildman–Crippen LogP) is 1.91. The highest BCUT2D eigenvalue weighted by molar-refractivity contribution is 5.95. The van der Waals surface area contributed by atoms with Gasteiger partial charge in [-0.05, 0) is 43.4 Å². The molecule has 13 nitrogen and oxygen atoms in total. The van der Waals surface area contributed by atoms with Gasteiger partial charge < -0.3 is 29.8 Å². The second-order valence-electron chi connectivity index (χ2n) is 12.7. The van der Waals surface area contributed by atoms with E-state index in [1.54, 1.807) is 0 Å². The third kappa shape index (κ3) is 4.47. The number of carbonyl (C=O) groups excluding carboxylic acids is 2. The van der Waals surface area contributed by atoms with Gasteiger partial charge in [-0.25, -0.2) is 28.5 Å². The predicted molar refractivity (Wildman–Crippen MR) is 151 cm³/mol. The molecule has 0 saturated carbocycles. The molecule has 3 saturated heterocycles. The lowest BCUT2D eigenvalue weighted by atomic mass is 9.90. The quantitative estimate of drug-likeness (QED) is 0.400. The van der Waals surface area contributed by atoms with Gasteiger partial charge in [-0.2, -0.15) is 0 Å². The highest BCUT2D eigenvalue weighted by Gasteiger charge is 2.48. The van der Waals surface area contributed by atoms with Crippen molar-refractivity contribution in [2.24, 2.45) is 5.92 Å². The fraction of sp³-hybridized carbons (Fsp3) is 0.552. The topological polar surface area (TPSA) is 149 Å². The number of aliphatic hydroxyl groups is 1. The van der Waals surface area contributed by atoms with Gasteiger partial charge in [0.25, 0.3) is 11.8 Å². The number of carbonyl (C=O) groups is 2. The maximum atomic E-state index is 15.7. The molecule has 1 aromatic carbocycles. The summed E-state index contributed by atoms with van der Waals surface area (Å²) in [6.07, 6.45) is 2.96. The number of aliphatic hydroxyl groups excluding tert-OH is 1. The van der Waals surface area contributed by atoms with Crippen LogP contribution in [0, 0.1) is 17.6 Å². The van der Waals surface area contributed by atoms with E-state index in [1.807, 2.05) is 11.9 Å². The van der Waals surface area contributed by atoms with Crippen molar-refractivity contribution in [1.29, 1.82) is 0 Å². The lowest BCUT2D eigenvalue weighted by Gasteiger charge is -2.38. The molecule has 0 bridgehead atoms. The van der Waals surface area contributed by atoms with E-state index in [4.69, 9.17) is 9.47 Å². The molecule has 15 heteroatoms. The zero-order valence-corrected chi connectivity index (χ0v) is 24.1. The van der Waals surface area contributed by atoms with Crippen molar-refractivity contribution in [2.75, 3.05) is 56.6 Å². The van der Waals surface area contributed by atoms with Crippen molar-refractivity contribution in [3.63, 3.8) is 0 Å². The summed E-state index contributed by atoms with van der Waals surface area (Å²) < 4.78 is 42.5. The van der Waals surface area contributed by atoms with E-state index in [-0.39, 0.29) is 53.0 Å². The molecule has 0 radical (unpaired) electrons. The minimum Gasteiger partial charge on any atom is -0.465 e. The summed E-state index contributed by atoms with van der Waals surface area (Å²) in [5.41, 5.74) is 0.263. The molecule has 5 aliphatic rings. The molecule has 44 heavy (non-hydrogen) atoms. The molecular weight excluding hydrogens is 578 g/mol. The third-order valence-corrected chi connectivity index (χ3v) is 9.73. The van der Waals surface area contributed by atoms with Crippen molar-refractivity contribution in [1.82, 2.24) is 29.7 Å². The van der Waals surface area contributed by atoms with Gasteiger partial charge in [0, 0.05) is 39.0 Å². The molecular formula is C29H32F2N8O5. The molecule has 3 atom stereocenters. The number of hydrogen-bond acceptors (Lipinski definition) is 10. The number of aromatic amines is 1. The van der Waals surface area contributed by atoms with Crippen LogP contribution in [-0.2, 0) is 22.4 Å². The highest BCUT2D eigenvalue weighted by atomic mass is 19.1. The molecule has 1 spiro atoms. The standard InChI is InChI=1S/C29H32F2N8O5/c1-37-11-15(40)8-18(37)25-35-23-21(30)16-6-14(7-17(16)22(31)24(23)36-25)10-38-4-2-29(3-5-38)13-39(28(42)44-29)19-9-32-27-26(33-19)34-20(41)12-43-27/h9,14-15,18,40H,2-8,10-13H2,1H3,(H,35,36)(H,33,34,41)/t15-,18+/m1/s1. The van der Waals surface area contributed by atoms with Crippen LogP contribution in [0.4, 0.5) is 25.2 Å². The SMILES string of the molecule is CN1C[C@H](O)C[C@H]1c1nc2c(F)c3c(c(F)c2[nH]1)CC(CN1CCC2(CC1)CN(c1cnc4c(n1)NC(=O)CO4)C(=O)O2)C3. The van der Waals surface area contributed by atoms with Gasteiger partial charge in [0.2, 0.25) is 0 Å². The molecule has 3 aromatic rings. The fourth-order valence-electron chi connectivity index (χ4n) is 7.48. The number of amides is 2. The maximum absolute atomic E-state index is 15.7. The molecule has 1 unspecified atom stereocenters. The number of imidazole rings is 1. The Labute approximate surface area is 250 Å². The number of piperidine rings is 1. The molecule has 232 valence electrons. The zero-order valence-electron chi connectivity index (χ0n) is 24.1. The first-order valence-electron chi connectivity index (χ1n) is 15.0. The van der Waals surface area contributed by atoms with Crippen LogP contribution in [0.25, 0.3) is 11.0 Å². The third-order valence-electron chi connectivity index (χ3n) is 9.73. The van der Waals surface area contributed by atoms with E-state index in [1.165, 1.54) is 11.1 Å². The summed E-state index contributed by atoms with van der Waals surface area (Å²) in [7, 11) is 1.86. The van der Waals surface area contributed by atoms with E-state index in [9.17, 15) is 14.7 Å². The number of likely N-dealkylation sites (tertiary alicyclic amines) is 2. The number of nitrogens with one attached hydrogen (secondary N) is 2. The number of hydrogen-bond donors (Lipinski definition) is 3. The van der Waals surface area contributed by atoms with Crippen LogP contribution < -0.4 is 15.0 Å². The summed E-state index contributed by atoms with van der Waals surface area (Å²) in [5, 5.41) is 12.6. The number of fused-ring (bicyclic) bond motifs is 3. The summed E-state index contributed by atoms with van der Waals surface area (Å²) in [6.45, 7) is 2.68. The molecule has 4 aliphatic heterocycles. The van der Waals surface area contributed by atoms with Crippen molar-refractivity contribution >= 4 is 34.7 Å². The lowest BCUT2D eigenvalue weighted by Crippen LogP contribution is -2.48. The number of ether oxygens (including phenoxy) is 2. The minimum absolute atomic E-state index is 0.0257. The van der Waals surface area contributed by atoms with Gasteiger partial charge in [-0.3, -0.25) is 14.6 Å². The molecule has 8 rings (SSSR count). The molecule has 6 heterocycles. The van der Waals surface area contributed by atoms with E-state index >= 15 is 8.78 Å². The first-order valence-corrected chi connectivity index (χ1v) is 15.0. The Bertz CT molecular complexity index is 1640. The fourth-order valence-corrected chi connectivity index (χ4v) is 7.48. The van der Waals surface area contributed by atoms with Gasteiger partial charge in [0.15, 0.2) is 29.9 Å². The van der Waals surface area contributed by atoms with Gasteiger partial charge in [0.1, 0.15) is 22.5 Å².